The largest absolute Gasteiger partial charge is 0.481 e. The Morgan fingerprint density at radius 3 is 2.04 bits per heavy atom. The van der Waals surface area contributed by atoms with Crippen LogP contribution in [0.1, 0.15) is 13.8 Å². The minimum absolute atomic E-state index is 0.0478. The van der Waals surface area contributed by atoms with Gasteiger partial charge < -0.3 is 14.6 Å². The first kappa shape index (κ1) is 16.8. The number of carbonyl (C=O) groups is 3. The van der Waals surface area contributed by atoms with E-state index in [9.17, 15) is 14.4 Å². The number of rotatable bonds is 5. The SMILES string of the molecule is CC(=O)Oc1cc2ccc(SCC(=O)O)cc2cc1OC(C)=O. The van der Waals surface area contributed by atoms with Gasteiger partial charge in [0.1, 0.15) is 0 Å². The molecule has 0 fully saturated rings. The van der Waals surface area contributed by atoms with Gasteiger partial charge in [0.25, 0.3) is 0 Å². The molecule has 0 aliphatic rings. The average molecular weight is 334 g/mol. The van der Waals surface area contributed by atoms with Crippen LogP contribution in [0.2, 0.25) is 0 Å². The van der Waals surface area contributed by atoms with Crippen LogP contribution in [0.3, 0.4) is 0 Å². The van der Waals surface area contributed by atoms with E-state index in [1.165, 1.54) is 25.6 Å². The third-order valence-corrected chi connectivity index (χ3v) is 3.72. The number of hydrogen-bond donors (Lipinski definition) is 1. The van der Waals surface area contributed by atoms with Crippen LogP contribution >= 0.6 is 11.8 Å². The molecule has 0 spiro atoms. The highest BCUT2D eigenvalue weighted by Crippen LogP contribution is 2.34. The molecule has 6 nitrogen and oxygen atoms in total. The molecule has 0 radical (unpaired) electrons. The van der Waals surface area contributed by atoms with Gasteiger partial charge >= 0.3 is 17.9 Å². The van der Waals surface area contributed by atoms with Crippen molar-refractivity contribution in [2.45, 2.75) is 18.7 Å². The minimum Gasteiger partial charge on any atom is -0.481 e. The molecule has 120 valence electrons. The molecule has 0 atom stereocenters. The smallest absolute Gasteiger partial charge is 0.313 e. The summed E-state index contributed by atoms with van der Waals surface area (Å²) < 4.78 is 10.1. The van der Waals surface area contributed by atoms with Crippen molar-refractivity contribution in [1.29, 1.82) is 0 Å². The van der Waals surface area contributed by atoms with Crippen LogP contribution in [0.4, 0.5) is 0 Å². The summed E-state index contributed by atoms with van der Waals surface area (Å²) in [5.74, 6) is -1.71. The first-order valence-electron chi connectivity index (χ1n) is 6.64. The van der Waals surface area contributed by atoms with Crippen molar-refractivity contribution >= 4 is 40.4 Å². The number of carboxylic acids is 1. The number of benzene rings is 2. The summed E-state index contributed by atoms with van der Waals surface area (Å²) in [4.78, 5) is 33.8. The predicted molar refractivity (Wildman–Crippen MR) is 84.9 cm³/mol. The molecular formula is C16H14O6S. The van der Waals surface area contributed by atoms with E-state index >= 15 is 0 Å². The summed E-state index contributed by atoms with van der Waals surface area (Å²) in [5.41, 5.74) is 0. The number of hydrogen-bond acceptors (Lipinski definition) is 6. The number of carbonyl (C=O) groups excluding carboxylic acids is 2. The summed E-state index contributed by atoms with van der Waals surface area (Å²) in [7, 11) is 0. The highest BCUT2D eigenvalue weighted by Gasteiger charge is 2.12. The van der Waals surface area contributed by atoms with Crippen molar-refractivity contribution in [3.63, 3.8) is 0 Å². The summed E-state index contributed by atoms with van der Waals surface area (Å²) in [5, 5.41) is 10.2. The molecule has 0 aliphatic carbocycles. The van der Waals surface area contributed by atoms with Gasteiger partial charge in [0.05, 0.1) is 5.75 Å². The molecule has 0 heterocycles. The molecule has 2 rings (SSSR count). The van der Waals surface area contributed by atoms with Crippen molar-refractivity contribution in [3.05, 3.63) is 30.3 Å². The zero-order valence-corrected chi connectivity index (χ0v) is 13.3. The van der Waals surface area contributed by atoms with Gasteiger partial charge in [-0.15, -0.1) is 11.8 Å². The number of aliphatic carboxylic acids is 1. The third-order valence-electron chi connectivity index (χ3n) is 2.74. The van der Waals surface area contributed by atoms with Crippen molar-refractivity contribution in [2.75, 3.05) is 5.75 Å². The first-order valence-corrected chi connectivity index (χ1v) is 7.63. The molecule has 1 N–H and O–H groups in total. The molecule has 2 aromatic rings. The monoisotopic (exact) mass is 334 g/mol. The van der Waals surface area contributed by atoms with Crippen LogP contribution in [-0.2, 0) is 14.4 Å². The third kappa shape index (κ3) is 4.72. The van der Waals surface area contributed by atoms with Crippen LogP contribution < -0.4 is 9.47 Å². The Morgan fingerprint density at radius 2 is 1.52 bits per heavy atom. The van der Waals surface area contributed by atoms with E-state index in [0.717, 1.165) is 15.7 Å². The standard InChI is InChI=1S/C16H14O6S/c1-9(17)21-14-6-11-3-4-13(23-8-16(19)20)5-12(11)7-15(14)22-10(2)18/h3-7H,8H2,1-2H3,(H,19,20). The van der Waals surface area contributed by atoms with E-state index in [0.29, 0.717) is 0 Å². The second kappa shape index (κ2) is 7.15. The lowest BCUT2D eigenvalue weighted by molar-refractivity contribution is -0.134. The lowest BCUT2D eigenvalue weighted by Crippen LogP contribution is -2.07. The summed E-state index contributed by atoms with van der Waals surface area (Å²) in [6, 6.07) is 8.52. The second-order valence-corrected chi connectivity index (χ2v) is 5.73. The van der Waals surface area contributed by atoms with Crippen molar-refractivity contribution in [3.8, 4) is 11.5 Å². The molecule has 23 heavy (non-hydrogen) atoms. The number of fused-ring (bicyclic) bond motifs is 1. The molecule has 2 aromatic carbocycles. The van der Waals surface area contributed by atoms with Crippen LogP contribution in [0, 0.1) is 0 Å². The maximum atomic E-state index is 11.2. The fourth-order valence-electron chi connectivity index (χ4n) is 1.94. The lowest BCUT2D eigenvalue weighted by Gasteiger charge is -2.11. The Kier molecular flexibility index (Phi) is 5.23. The van der Waals surface area contributed by atoms with Gasteiger partial charge in [-0.1, -0.05) is 6.07 Å². The Hall–Kier alpha value is -2.54. The van der Waals surface area contributed by atoms with Gasteiger partial charge in [-0.2, -0.15) is 0 Å². The Bertz CT molecular complexity index is 783. The van der Waals surface area contributed by atoms with Crippen molar-refractivity contribution < 1.29 is 29.0 Å². The van der Waals surface area contributed by atoms with Crippen LogP contribution in [0.25, 0.3) is 10.8 Å². The van der Waals surface area contributed by atoms with E-state index in [2.05, 4.69) is 0 Å². The normalized spacial score (nSPS) is 10.3. The molecule has 0 saturated carbocycles. The Balaban J connectivity index is 2.44. The van der Waals surface area contributed by atoms with Gasteiger partial charge in [0.2, 0.25) is 0 Å². The average Bonchev–Trinajstić information content (AvgIpc) is 2.44. The summed E-state index contributed by atoms with van der Waals surface area (Å²) in [6.07, 6.45) is 0. The van der Waals surface area contributed by atoms with E-state index in [-0.39, 0.29) is 17.3 Å². The van der Waals surface area contributed by atoms with Gasteiger partial charge in [-0.05, 0) is 35.0 Å². The fourth-order valence-corrected chi connectivity index (χ4v) is 2.60. The molecule has 0 aliphatic heterocycles. The molecule has 0 saturated heterocycles. The zero-order chi connectivity index (χ0) is 17.0. The zero-order valence-electron chi connectivity index (χ0n) is 12.5. The number of carboxylic acid groups (broad SMARTS) is 1. The number of esters is 2. The predicted octanol–water partition coefficient (Wildman–Crippen LogP) is 2.87. The van der Waals surface area contributed by atoms with Crippen LogP contribution in [0.15, 0.2) is 35.2 Å². The summed E-state index contributed by atoms with van der Waals surface area (Å²) in [6.45, 7) is 2.51. The topological polar surface area (TPSA) is 89.9 Å². The maximum Gasteiger partial charge on any atom is 0.313 e. The maximum absolute atomic E-state index is 11.2. The van der Waals surface area contributed by atoms with Crippen molar-refractivity contribution in [2.24, 2.45) is 0 Å². The second-order valence-electron chi connectivity index (χ2n) is 4.68. The minimum atomic E-state index is -0.902. The molecule has 7 heteroatoms. The van der Waals surface area contributed by atoms with Gasteiger partial charge in [0.15, 0.2) is 11.5 Å². The van der Waals surface area contributed by atoms with E-state index in [1.807, 2.05) is 0 Å². The molecule has 0 unspecified atom stereocenters. The quantitative estimate of drug-likeness (QED) is 0.511. The van der Waals surface area contributed by atoms with Crippen molar-refractivity contribution in [1.82, 2.24) is 0 Å². The molecule has 0 amide bonds. The molecular weight excluding hydrogens is 320 g/mol. The van der Waals surface area contributed by atoms with E-state index < -0.39 is 17.9 Å². The van der Waals surface area contributed by atoms with E-state index in [4.69, 9.17) is 14.6 Å². The molecule has 0 aromatic heterocycles. The van der Waals surface area contributed by atoms with Crippen LogP contribution in [-0.4, -0.2) is 28.8 Å². The van der Waals surface area contributed by atoms with Crippen LogP contribution in [0.5, 0.6) is 11.5 Å². The number of thioether (sulfide) groups is 1. The fraction of sp³-hybridized carbons (Fsp3) is 0.188. The van der Waals surface area contributed by atoms with Gasteiger partial charge in [0, 0.05) is 18.7 Å². The highest BCUT2D eigenvalue weighted by molar-refractivity contribution is 8.00. The lowest BCUT2D eigenvalue weighted by atomic mass is 10.1. The Labute approximate surface area is 136 Å². The molecule has 0 bridgehead atoms. The van der Waals surface area contributed by atoms with Gasteiger partial charge in [-0.25, -0.2) is 0 Å². The van der Waals surface area contributed by atoms with Gasteiger partial charge in [-0.3, -0.25) is 14.4 Å². The van der Waals surface area contributed by atoms with E-state index in [1.54, 1.807) is 30.3 Å². The highest BCUT2D eigenvalue weighted by atomic mass is 32.2. The number of ether oxygens (including phenoxy) is 2. The first-order chi connectivity index (χ1) is 10.8. The summed E-state index contributed by atoms with van der Waals surface area (Å²) >= 11 is 1.19. The Morgan fingerprint density at radius 1 is 0.957 bits per heavy atom.